The van der Waals surface area contributed by atoms with E-state index in [-0.39, 0.29) is 5.91 Å². The van der Waals surface area contributed by atoms with Gasteiger partial charge in [0.2, 0.25) is 0 Å². The van der Waals surface area contributed by atoms with Crippen molar-refractivity contribution in [1.82, 2.24) is 5.32 Å². The summed E-state index contributed by atoms with van der Waals surface area (Å²) in [6.45, 7) is 4.14. The highest BCUT2D eigenvalue weighted by Gasteiger charge is 2.40. The van der Waals surface area contributed by atoms with Crippen molar-refractivity contribution in [1.29, 1.82) is 0 Å². The fourth-order valence-corrected chi connectivity index (χ4v) is 3.56. The van der Waals surface area contributed by atoms with E-state index in [1.165, 1.54) is 36.8 Å². The zero-order valence-corrected chi connectivity index (χ0v) is 11.2. The van der Waals surface area contributed by atoms with E-state index in [0.717, 1.165) is 17.4 Å². The molecule has 1 amide bonds. The van der Waals surface area contributed by atoms with E-state index < -0.39 is 0 Å². The first kappa shape index (κ1) is 11.8. The lowest BCUT2D eigenvalue weighted by Crippen LogP contribution is -2.38. The van der Waals surface area contributed by atoms with Gasteiger partial charge in [0.05, 0.1) is 0 Å². The Balaban J connectivity index is 1.69. The van der Waals surface area contributed by atoms with Crippen LogP contribution in [0.3, 0.4) is 0 Å². The first-order valence-electron chi connectivity index (χ1n) is 7.01. The molecule has 3 atom stereocenters. The third kappa shape index (κ3) is 2.05. The second-order valence-electron chi connectivity index (χ2n) is 6.05. The van der Waals surface area contributed by atoms with E-state index in [1.807, 2.05) is 18.2 Å². The van der Waals surface area contributed by atoms with Crippen molar-refractivity contribution in [2.45, 2.75) is 45.6 Å². The lowest BCUT2D eigenvalue weighted by molar-refractivity contribution is 0.0923. The Labute approximate surface area is 109 Å². The SMILES string of the molecule is Cc1ccc(C(=O)N[C@@H]2C[C@H]3CC[C@@H]2C3)cc1C. The van der Waals surface area contributed by atoms with E-state index >= 15 is 0 Å². The van der Waals surface area contributed by atoms with Crippen LogP contribution in [0.25, 0.3) is 0 Å². The zero-order chi connectivity index (χ0) is 12.7. The van der Waals surface area contributed by atoms with Crippen LogP contribution >= 0.6 is 0 Å². The van der Waals surface area contributed by atoms with Gasteiger partial charge in [0.25, 0.3) is 5.91 Å². The van der Waals surface area contributed by atoms with Crippen molar-refractivity contribution in [2.24, 2.45) is 11.8 Å². The Morgan fingerprint density at radius 1 is 1.17 bits per heavy atom. The van der Waals surface area contributed by atoms with Gasteiger partial charge in [0.1, 0.15) is 0 Å². The minimum atomic E-state index is 0.107. The molecule has 2 heteroatoms. The highest BCUT2D eigenvalue weighted by molar-refractivity contribution is 5.94. The van der Waals surface area contributed by atoms with E-state index in [2.05, 4.69) is 19.2 Å². The molecule has 0 heterocycles. The molecule has 0 aliphatic heterocycles. The van der Waals surface area contributed by atoms with Gasteiger partial charge in [-0.1, -0.05) is 12.5 Å². The van der Waals surface area contributed by atoms with Crippen LogP contribution in [-0.2, 0) is 0 Å². The van der Waals surface area contributed by atoms with Crippen LogP contribution in [0, 0.1) is 25.7 Å². The summed E-state index contributed by atoms with van der Waals surface area (Å²) in [7, 11) is 0. The highest BCUT2D eigenvalue weighted by atomic mass is 16.1. The molecule has 1 N–H and O–H groups in total. The molecule has 1 aromatic carbocycles. The average molecular weight is 243 g/mol. The molecule has 2 saturated carbocycles. The molecule has 18 heavy (non-hydrogen) atoms. The third-order valence-corrected chi connectivity index (χ3v) is 4.82. The molecule has 0 radical (unpaired) electrons. The number of fused-ring (bicyclic) bond motifs is 2. The average Bonchev–Trinajstić information content (AvgIpc) is 2.94. The maximum Gasteiger partial charge on any atom is 0.251 e. The first-order valence-corrected chi connectivity index (χ1v) is 7.01. The summed E-state index contributed by atoms with van der Waals surface area (Å²) in [5.74, 6) is 1.72. The molecule has 1 aromatic rings. The van der Waals surface area contributed by atoms with Gasteiger partial charge in [-0.25, -0.2) is 0 Å². The van der Waals surface area contributed by atoms with Gasteiger partial charge >= 0.3 is 0 Å². The molecule has 2 fully saturated rings. The van der Waals surface area contributed by atoms with Crippen LogP contribution in [0.1, 0.15) is 47.2 Å². The summed E-state index contributed by atoms with van der Waals surface area (Å²) in [6.07, 6.45) is 5.21. The lowest BCUT2D eigenvalue weighted by atomic mass is 9.95. The van der Waals surface area contributed by atoms with E-state index in [4.69, 9.17) is 0 Å². The van der Waals surface area contributed by atoms with Crippen LogP contribution in [0.5, 0.6) is 0 Å². The summed E-state index contributed by atoms with van der Waals surface area (Å²) in [5.41, 5.74) is 3.24. The number of hydrogen-bond donors (Lipinski definition) is 1. The predicted octanol–water partition coefficient (Wildman–Crippen LogP) is 3.22. The second kappa shape index (κ2) is 4.42. The number of rotatable bonds is 2. The van der Waals surface area contributed by atoms with Crippen molar-refractivity contribution in [2.75, 3.05) is 0 Å². The van der Waals surface area contributed by atoms with Gasteiger partial charge in [0.15, 0.2) is 0 Å². The predicted molar refractivity (Wildman–Crippen MR) is 72.6 cm³/mol. The fourth-order valence-electron chi connectivity index (χ4n) is 3.56. The quantitative estimate of drug-likeness (QED) is 0.849. The van der Waals surface area contributed by atoms with E-state index in [1.54, 1.807) is 0 Å². The zero-order valence-electron chi connectivity index (χ0n) is 11.2. The molecule has 0 unspecified atom stereocenters. The van der Waals surface area contributed by atoms with Crippen molar-refractivity contribution in [3.63, 3.8) is 0 Å². The summed E-state index contributed by atoms with van der Waals surface area (Å²) < 4.78 is 0. The molecule has 2 bridgehead atoms. The Morgan fingerprint density at radius 3 is 2.61 bits per heavy atom. The Bertz CT molecular complexity index is 480. The third-order valence-electron chi connectivity index (χ3n) is 4.82. The highest BCUT2D eigenvalue weighted by Crippen LogP contribution is 2.44. The molecule has 2 nitrogen and oxygen atoms in total. The minimum Gasteiger partial charge on any atom is -0.349 e. The summed E-state index contributed by atoms with van der Waals surface area (Å²) >= 11 is 0. The molecule has 2 aliphatic carbocycles. The van der Waals surface area contributed by atoms with Crippen LogP contribution in [-0.4, -0.2) is 11.9 Å². The van der Waals surface area contributed by atoms with Crippen LogP contribution in [0.2, 0.25) is 0 Å². The number of hydrogen-bond acceptors (Lipinski definition) is 1. The Morgan fingerprint density at radius 2 is 2.00 bits per heavy atom. The monoisotopic (exact) mass is 243 g/mol. The molecule has 3 rings (SSSR count). The van der Waals surface area contributed by atoms with Crippen LogP contribution in [0.15, 0.2) is 18.2 Å². The smallest absolute Gasteiger partial charge is 0.251 e. The molecule has 0 saturated heterocycles. The van der Waals surface area contributed by atoms with Crippen LogP contribution < -0.4 is 5.32 Å². The normalized spacial score (nSPS) is 29.6. The first-order chi connectivity index (χ1) is 8.63. The Kier molecular flexibility index (Phi) is 2.89. The lowest BCUT2D eigenvalue weighted by Gasteiger charge is -2.23. The molecule has 2 aliphatic rings. The van der Waals surface area contributed by atoms with Gasteiger partial charge in [-0.05, 0) is 68.2 Å². The van der Waals surface area contributed by atoms with Gasteiger partial charge in [-0.15, -0.1) is 0 Å². The molecule has 0 aromatic heterocycles. The molecule has 96 valence electrons. The number of carbonyl (C=O) groups excluding carboxylic acids is 1. The summed E-state index contributed by atoms with van der Waals surface area (Å²) in [5, 5.41) is 3.23. The van der Waals surface area contributed by atoms with Crippen molar-refractivity contribution in [3.05, 3.63) is 34.9 Å². The number of aryl methyl sites for hydroxylation is 2. The standard InChI is InChI=1S/C16H21NO/c1-10-3-5-14(7-11(10)2)16(18)17-15-9-12-4-6-13(15)8-12/h3,5,7,12-13,15H,4,6,8-9H2,1-2H3,(H,17,18)/t12-,13+,15+/m0/s1. The number of carbonyl (C=O) groups is 1. The largest absolute Gasteiger partial charge is 0.349 e. The summed E-state index contributed by atoms with van der Waals surface area (Å²) in [4.78, 5) is 12.2. The van der Waals surface area contributed by atoms with Gasteiger partial charge in [-0.3, -0.25) is 4.79 Å². The number of benzene rings is 1. The van der Waals surface area contributed by atoms with Gasteiger partial charge < -0.3 is 5.32 Å². The van der Waals surface area contributed by atoms with Crippen molar-refractivity contribution < 1.29 is 4.79 Å². The van der Waals surface area contributed by atoms with Crippen LogP contribution in [0.4, 0.5) is 0 Å². The Hall–Kier alpha value is -1.31. The number of nitrogens with one attached hydrogen (secondary N) is 1. The maximum atomic E-state index is 12.2. The van der Waals surface area contributed by atoms with Crippen molar-refractivity contribution >= 4 is 5.91 Å². The van der Waals surface area contributed by atoms with E-state index in [9.17, 15) is 4.79 Å². The van der Waals surface area contributed by atoms with Gasteiger partial charge in [0, 0.05) is 11.6 Å². The van der Waals surface area contributed by atoms with Crippen molar-refractivity contribution in [3.8, 4) is 0 Å². The number of amides is 1. The summed E-state index contributed by atoms with van der Waals surface area (Å²) in [6, 6.07) is 6.39. The maximum absolute atomic E-state index is 12.2. The second-order valence-corrected chi connectivity index (χ2v) is 6.05. The molecular weight excluding hydrogens is 222 g/mol. The van der Waals surface area contributed by atoms with E-state index in [0.29, 0.717) is 6.04 Å². The minimum absolute atomic E-state index is 0.107. The molecular formula is C16H21NO. The fraction of sp³-hybridized carbons (Fsp3) is 0.562. The molecule has 0 spiro atoms. The van der Waals surface area contributed by atoms with Gasteiger partial charge in [-0.2, -0.15) is 0 Å². The topological polar surface area (TPSA) is 29.1 Å².